The molecule has 1 aromatic carbocycles. The SMILES string of the molecule is Cc1cc(F)ccc1-c1noc(-c2ncccc2O)n1. The van der Waals surface area contributed by atoms with Crippen molar-refractivity contribution in [3.8, 4) is 28.7 Å². The summed E-state index contributed by atoms with van der Waals surface area (Å²) in [5.41, 5.74) is 1.57. The van der Waals surface area contributed by atoms with E-state index in [-0.39, 0.29) is 23.2 Å². The molecular weight excluding hydrogens is 261 g/mol. The van der Waals surface area contributed by atoms with Gasteiger partial charge in [0.15, 0.2) is 5.69 Å². The Kier molecular flexibility index (Phi) is 2.90. The van der Waals surface area contributed by atoms with Crippen LogP contribution < -0.4 is 0 Å². The van der Waals surface area contributed by atoms with Crippen LogP contribution in [0.25, 0.3) is 23.0 Å². The van der Waals surface area contributed by atoms with Crippen molar-refractivity contribution in [2.45, 2.75) is 6.92 Å². The Balaban J connectivity index is 2.04. The highest BCUT2D eigenvalue weighted by Crippen LogP contribution is 2.28. The van der Waals surface area contributed by atoms with Crippen molar-refractivity contribution in [1.29, 1.82) is 0 Å². The third-order valence-corrected chi connectivity index (χ3v) is 2.84. The highest BCUT2D eigenvalue weighted by molar-refractivity contribution is 5.63. The molecule has 0 atom stereocenters. The maximum atomic E-state index is 13.1. The summed E-state index contributed by atoms with van der Waals surface area (Å²) in [5.74, 6) is 0.0697. The molecular formula is C14H10FN3O2. The second-order valence-corrected chi connectivity index (χ2v) is 4.25. The fourth-order valence-electron chi connectivity index (χ4n) is 1.87. The molecule has 3 rings (SSSR count). The molecule has 0 saturated carbocycles. The van der Waals surface area contributed by atoms with Gasteiger partial charge < -0.3 is 9.63 Å². The molecule has 0 spiro atoms. The topological polar surface area (TPSA) is 72.0 Å². The standard InChI is InChI=1S/C14H10FN3O2/c1-8-7-9(15)4-5-10(8)13-17-14(20-18-13)12-11(19)3-2-6-16-12/h2-7,19H,1H3. The smallest absolute Gasteiger partial charge is 0.280 e. The third-order valence-electron chi connectivity index (χ3n) is 2.84. The summed E-state index contributed by atoms with van der Waals surface area (Å²) < 4.78 is 18.2. The quantitative estimate of drug-likeness (QED) is 0.775. The molecule has 2 heterocycles. The summed E-state index contributed by atoms with van der Waals surface area (Å²) in [4.78, 5) is 8.17. The van der Waals surface area contributed by atoms with Crippen LogP contribution in [0, 0.1) is 12.7 Å². The lowest BCUT2D eigenvalue weighted by Crippen LogP contribution is -1.88. The zero-order valence-corrected chi connectivity index (χ0v) is 10.5. The summed E-state index contributed by atoms with van der Waals surface area (Å²) in [6.07, 6.45) is 1.52. The van der Waals surface area contributed by atoms with Gasteiger partial charge in [0.05, 0.1) is 0 Å². The average molecular weight is 271 g/mol. The maximum Gasteiger partial charge on any atom is 0.280 e. The Morgan fingerprint density at radius 1 is 1.25 bits per heavy atom. The molecule has 5 nitrogen and oxygen atoms in total. The number of hydrogen-bond donors (Lipinski definition) is 1. The molecule has 1 N–H and O–H groups in total. The predicted molar refractivity (Wildman–Crippen MR) is 69.3 cm³/mol. The van der Waals surface area contributed by atoms with E-state index in [1.807, 2.05) is 0 Å². The number of benzene rings is 1. The Bertz CT molecular complexity index is 771. The third kappa shape index (κ3) is 2.11. The highest BCUT2D eigenvalue weighted by Gasteiger charge is 2.16. The monoisotopic (exact) mass is 271 g/mol. The number of halogens is 1. The molecule has 0 amide bonds. The average Bonchev–Trinajstić information content (AvgIpc) is 2.88. The van der Waals surface area contributed by atoms with E-state index >= 15 is 0 Å². The van der Waals surface area contributed by atoms with Gasteiger partial charge in [-0.2, -0.15) is 4.98 Å². The second kappa shape index (κ2) is 4.73. The number of aromatic nitrogens is 3. The molecule has 0 radical (unpaired) electrons. The van der Waals surface area contributed by atoms with Crippen molar-refractivity contribution in [3.05, 3.63) is 47.9 Å². The first-order chi connectivity index (χ1) is 9.65. The van der Waals surface area contributed by atoms with Crippen molar-refractivity contribution >= 4 is 0 Å². The summed E-state index contributed by atoms with van der Waals surface area (Å²) in [6, 6.07) is 7.38. The molecule has 100 valence electrons. The van der Waals surface area contributed by atoms with Crippen LogP contribution in [0.15, 0.2) is 41.1 Å². The molecule has 0 aliphatic carbocycles. The Hall–Kier alpha value is -2.76. The Morgan fingerprint density at radius 3 is 2.85 bits per heavy atom. The first-order valence-electron chi connectivity index (χ1n) is 5.90. The first-order valence-corrected chi connectivity index (χ1v) is 5.90. The lowest BCUT2D eigenvalue weighted by molar-refractivity contribution is 0.423. The molecule has 3 aromatic rings. The maximum absolute atomic E-state index is 13.1. The fourth-order valence-corrected chi connectivity index (χ4v) is 1.87. The number of aromatic hydroxyl groups is 1. The van der Waals surface area contributed by atoms with Gasteiger partial charge in [-0.1, -0.05) is 5.16 Å². The van der Waals surface area contributed by atoms with Gasteiger partial charge in [0.1, 0.15) is 11.6 Å². The Labute approximate surface area is 113 Å². The number of pyridine rings is 1. The zero-order valence-electron chi connectivity index (χ0n) is 10.5. The van der Waals surface area contributed by atoms with E-state index < -0.39 is 0 Å². The van der Waals surface area contributed by atoms with Crippen molar-refractivity contribution in [2.75, 3.05) is 0 Å². The zero-order chi connectivity index (χ0) is 14.1. The molecule has 0 saturated heterocycles. The normalized spacial score (nSPS) is 10.7. The number of nitrogens with zero attached hydrogens (tertiary/aromatic N) is 3. The summed E-state index contributed by atoms with van der Waals surface area (Å²) in [5, 5.41) is 13.5. The van der Waals surface area contributed by atoms with Crippen LogP contribution in [0.5, 0.6) is 5.75 Å². The molecule has 0 aliphatic rings. The highest BCUT2D eigenvalue weighted by atomic mass is 19.1. The summed E-state index contributed by atoms with van der Waals surface area (Å²) in [6.45, 7) is 1.76. The molecule has 0 bridgehead atoms. The molecule has 0 fully saturated rings. The van der Waals surface area contributed by atoms with Crippen LogP contribution in [0.2, 0.25) is 0 Å². The van der Waals surface area contributed by atoms with Crippen LogP contribution in [-0.4, -0.2) is 20.2 Å². The molecule has 0 unspecified atom stereocenters. The van der Waals surface area contributed by atoms with Crippen LogP contribution in [0.3, 0.4) is 0 Å². The van der Waals surface area contributed by atoms with Gasteiger partial charge in [0.2, 0.25) is 5.82 Å². The van der Waals surface area contributed by atoms with Crippen molar-refractivity contribution in [3.63, 3.8) is 0 Å². The van der Waals surface area contributed by atoms with Crippen molar-refractivity contribution in [2.24, 2.45) is 0 Å². The lowest BCUT2D eigenvalue weighted by Gasteiger charge is -1.99. The largest absolute Gasteiger partial charge is 0.505 e. The Morgan fingerprint density at radius 2 is 2.10 bits per heavy atom. The van der Waals surface area contributed by atoms with E-state index in [4.69, 9.17) is 4.52 Å². The van der Waals surface area contributed by atoms with Crippen molar-refractivity contribution < 1.29 is 14.0 Å². The minimum atomic E-state index is -0.322. The van der Waals surface area contributed by atoms with Gasteiger partial charge in [-0.15, -0.1) is 0 Å². The van der Waals surface area contributed by atoms with E-state index in [1.165, 1.54) is 24.4 Å². The van der Waals surface area contributed by atoms with Crippen LogP contribution in [-0.2, 0) is 0 Å². The molecule has 2 aromatic heterocycles. The summed E-state index contributed by atoms with van der Waals surface area (Å²) >= 11 is 0. The molecule has 6 heteroatoms. The van der Waals surface area contributed by atoms with Gasteiger partial charge in [-0.05, 0) is 42.8 Å². The minimum Gasteiger partial charge on any atom is -0.505 e. The first kappa shape index (κ1) is 12.3. The fraction of sp³-hybridized carbons (Fsp3) is 0.0714. The number of rotatable bonds is 2. The van der Waals surface area contributed by atoms with E-state index in [1.54, 1.807) is 19.1 Å². The second-order valence-electron chi connectivity index (χ2n) is 4.25. The van der Waals surface area contributed by atoms with Gasteiger partial charge >= 0.3 is 0 Å². The van der Waals surface area contributed by atoms with E-state index in [0.29, 0.717) is 17.0 Å². The molecule has 0 aliphatic heterocycles. The summed E-state index contributed by atoms with van der Waals surface area (Å²) in [7, 11) is 0. The van der Waals surface area contributed by atoms with E-state index in [9.17, 15) is 9.50 Å². The van der Waals surface area contributed by atoms with Crippen LogP contribution in [0.1, 0.15) is 5.56 Å². The van der Waals surface area contributed by atoms with Gasteiger partial charge in [0.25, 0.3) is 5.89 Å². The van der Waals surface area contributed by atoms with E-state index in [0.717, 1.165) is 0 Å². The van der Waals surface area contributed by atoms with E-state index in [2.05, 4.69) is 15.1 Å². The van der Waals surface area contributed by atoms with Crippen LogP contribution >= 0.6 is 0 Å². The van der Waals surface area contributed by atoms with Gasteiger partial charge in [0, 0.05) is 11.8 Å². The van der Waals surface area contributed by atoms with Gasteiger partial charge in [-0.25, -0.2) is 9.37 Å². The molecule has 20 heavy (non-hydrogen) atoms. The number of hydrogen-bond acceptors (Lipinski definition) is 5. The number of aryl methyl sites for hydroxylation is 1. The predicted octanol–water partition coefficient (Wildman–Crippen LogP) is 2.95. The van der Waals surface area contributed by atoms with Crippen molar-refractivity contribution in [1.82, 2.24) is 15.1 Å². The van der Waals surface area contributed by atoms with Gasteiger partial charge in [-0.3, -0.25) is 0 Å². The van der Waals surface area contributed by atoms with Crippen LogP contribution in [0.4, 0.5) is 4.39 Å². The lowest BCUT2D eigenvalue weighted by atomic mass is 10.1. The minimum absolute atomic E-state index is 0.0430.